The van der Waals surface area contributed by atoms with Crippen molar-refractivity contribution in [3.8, 4) is 28.7 Å². The van der Waals surface area contributed by atoms with Gasteiger partial charge in [-0.05, 0) is 50.6 Å². The summed E-state index contributed by atoms with van der Waals surface area (Å²) in [5.74, 6) is 0.149. The third kappa shape index (κ3) is 8.08. The molecule has 11 nitrogen and oxygen atoms in total. The smallest absolute Gasteiger partial charge is 0.410 e. The summed E-state index contributed by atoms with van der Waals surface area (Å²) >= 11 is 0. The molecule has 0 atom stereocenters. The van der Waals surface area contributed by atoms with Gasteiger partial charge in [-0.1, -0.05) is 30.3 Å². The summed E-state index contributed by atoms with van der Waals surface area (Å²) in [4.78, 5) is 46.9. The summed E-state index contributed by atoms with van der Waals surface area (Å²) in [6.07, 6.45) is 2.67. The first-order valence-electron chi connectivity index (χ1n) is 13.2. The Bertz CT molecular complexity index is 1670. The maximum Gasteiger partial charge on any atom is 0.410 e. The molecule has 1 N–H and O–H groups in total. The second-order valence-corrected chi connectivity index (χ2v) is 10.6. The molecule has 2 amide bonds. The van der Waals surface area contributed by atoms with Gasteiger partial charge in [0.2, 0.25) is 5.91 Å². The summed E-state index contributed by atoms with van der Waals surface area (Å²) in [6.45, 7) is 5.58. The van der Waals surface area contributed by atoms with Crippen LogP contribution in [-0.2, 0) is 22.6 Å². The molecule has 0 aliphatic rings. The number of amides is 2. The molecule has 11 heteroatoms. The Kier molecular flexibility index (Phi) is 9.07. The van der Waals surface area contributed by atoms with E-state index >= 15 is 0 Å². The fourth-order valence-electron chi connectivity index (χ4n) is 3.88. The Morgan fingerprint density at radius 2 is 1.71 bits per heavy atom. The van der Waals surface area contributed by atoms with E-state index in [0.717, 1.165) is 16.7 Å². The van der Waals surface area contributed by atoms with Crippen LogP contribution >= 0.6 is 0 Å². The number of ether oxygens (including phenoxy) is 1. The monoisotopic (exact) mass is 565 g/mol. The minimum atomic E-state index is -0.645. The van der Waals surface area contributed by atoms with Crippen molar-refractivity contribution in [3.05, 3.63) is 100 Å². The van der Waals surface area contributed by atoms with E-state index < -0.39 is 11.7 Å². The van der Waals surface area contributed by atoms with Gasteiger partial charge in [0.1, 0.15) is 12.1 Å². The normalized spacial score (nSPS) is 10.9. The molecule has 0 saturated heterocycles. The molecule has 4 rings (SSSR count). The van der Waals surface area contributed by atoms with Crippen molar-refractivity contribution in [2.24, 2.45) is 0 Å². The Morgan fingerprint density at radius 1 is 1.00 bits per heavy atom. The summed E-state index contributed by atoms with van der Waals surface area (Å²) < 4.78 is 6.64. The zero-order chi connectivity index (χ0) is 30.3. The molecule has 0 saturated carbocycles. The lowest BCUT2D eigenvalue weighted by Crippen LogP contribution is -2.40. The predicted octanol–water partition coefficient (Wildman–Crippen LogP) is 3.77. The standard InChI is InChI=1S/C31H31N7O4/c1-31(2,3)42-30(41)37(4)20-27(39)33-16-23-17-34-29(35-18-23)25-7-5-6-22(14-25)19-38-28(40)13-12-26(36-38)24-10-8-21(15-32)9-11-24/h5-14,17-18H,16,19-20H2,1-4H3,(H,33,39). The first-order chi connectivity index (χ1) is 20.0. The van der Waals surface area contributed by atoms with Crippen molar-refractivity contribution in [2.75, 3.05) is 13.6 Å². The van der Waals surface area contributed by atoms with Gasteiger partial charge in [0.05, 0.1) is 23.9 Å². The van der Waals surface area contributed by atoms with Gasteiger partial charge in [0, 0.05) is 48.7 Å². The SMILES string of the molecule is CN(CC(=O)NCc1cnc(-c2cccc(Cn3nc(-c4ccc(C#N)cc4)ccc3=O)c2)nc1)C(=O)OC(C)(C)C. The van der Waals surface area contributed by atoms with Crippen molar-refractivity contribution >= 4 is 12.0 Å². The number of carbonyl (C=O) groups is 2. The summed E-state index contributed by atoms with van der Waals surface area (Å²) in [7, 11) is 1.50. The van der Waals surface area contributed by atoms with E-state index in [1.165, 1.54) is 22.7 Å². The highest BCUT2D eigenvalue weighted by Gasteiger charge is 2.21. The van der Waals surface area contributed by atoms with Crippen LogP contribution in [0.4, 0.5) is 4.79 Å². The maximum absolute atomic E-state index is 12.5. The fourth-order valence-corrected chi connectivity index (χ4v) is 3.88. The van der Waals surface area contributed by atoms with Crippen molar-refractivity contribution in [1.82, 2.24) is 30.0 Å². The first-order valence-corrected chi connectivity index (χ1v) is 13.2. The average Bonchev–Trinajstić information content (AvgIpc) is 2.97. The number of benzene rings is 2. The third-order valence-electron chi connectivity index (χ3n) is 5.97. The number of aromatic nitrogens is 4. The molecule has 2 aromatic heterocycles. The summed E-state index contributed by atoms with van der Waals surface area (Å²) in [5, 5.41) is 16.3. The van der Waals surface area contributed by atoms with Crippen LogP contribution in [0.5, 0.6) is 0 Å². The van der Waals surface area contributed by atoms with Gasteiger partial charge in [0.15, 0.2) is 5.82 Å². The number of rotatable bonds is 8. The van der Waals surface area contributed by atoms with Crippen LogP contribution in [0.3, 0.4) is 0 Å². The van der Waals surface area contributed by atoms with E-state index in [-0.39, 0.29) is 31.1 Å². The van der Waals surface area contributed by atoms with Crippen molar-refractivity contribution in [1.29, 1.82) is 5.26 Å². The Balaban J connectivity index is 1.38. The minimum absolute atomic E-state index is 0.144. The highest BCUT2D eigenvalue weighted by Crippen LogP contribution is 2.19. The van der Waals surface area contributed by atoms with Gasteiger partial charge in [-0.25, -0.2) is 19.4 Å². The van der Waals surface area contributed by atoms with E-state index in [9.17, 15) is 14.4 Å². The van der Waals surface area contributed by atoms with Crippen LogP contribution in [-0.4, -0.2) is 55.8 Å². The maximum atomic E-state index is 12.5. The molecule has 0 fully saturated rings. The van der Waals surface area contributed by atoms with E-state index in [2.05, 4.69) is 26.5 Å². The van der Waals surface area contributed by atoms with Crippen molar-refractivity contribution in [2.45, 2.75) is 39.5 Å². The van der Waals surface area contributed by atoms with Crippen LogP contribution in [0.1, 0.15) is 37.5 Å². The molecule has 0 unspecified atom stereocenters. The lowest BCUT2D eigenvalue weighted by atomic mass is 10.1. The molecule has 0 aliphatic carbocycles. The quantitative estimate of drug-likeness (QED) is 0.340. The van der Waals surface area contributed by atoms with Gasteiger partial charge >= 0.3 is 6.09 Å². The molecule has 0 radical (unpaired) electrons. The van der Waals surface area contributed by atoms with Crippen LogP contribution < -0.4 is 10.9 Å². The van der Waals surface area contributed by atoms with Gasteiger partial charge in [0.25, 0.3) is 5.56 Å². The molecular weight excluding hydrogens is 534 g/mol. The molecule has 4 aromatic rings. The molecule has 2 heterocycles. The molecular formula is C31H31N7O4. The van der Waals surface area contributed by atoms with Crippen LogP contribution in [0.25, 0.3) is 22.6 Å². The van der Waals surface area contributed by atoms with Crippen molar-refractivity contribution in [3.63, 3.8) is 0 Å². The molecule has 0 aliphatic heterocycles. The molecule has 0 spiro atoms. The molecule has 42 heavy (non-hydrogen) atoms. The van der Waals surface area contributed by atoms with E-state index in [4.69, 9.17) is 10.00 Å². The molecule has 0 bridgehead atoms. The van der Waals surface area contributed by atoms with Crippen LogP contribution in [0.2, 0.25) is 0 Å². The number of likely N-dealkylation sites (N-methyl/N-ethyl adjacent to an activating group) is 1. The molecule has 2 aromatic carbocycles. The Labute approximate surface area is 243 Å². The second-order valence-electron chi connectivity index (χ2n) is 10.6. The van der Waals surface area contributed by atoms with Gasteiger partial charge in [-0.3, -0.25) is 9.59 Å². The largest absolute Gasteiger partial charge is 0.444 e. The van der Waals surface area contributed by atoms with Crippen molar-refractivity contribution < 1.29 is 14.3 Å². The highest BCUT2D eigenvalue weighted by atomic mass is 16.6. The topological polar surface area (TPSA) is 143 Å². The van der Waals surface area contributed by atoms with E-state index in [1.54, 1.807) is 63.5 Å². The predicted molar refractivity (Wildman–Crippen MR) is 156 cm³/mol. The number of nitrogens with zero attached hydrogens (tertiary/aromatic N) is 6. The zero-order valence-electron chi connectivity index (χ0n) is 23.9. The number of nitrogens with one attached hydrogen (secondary N) is 1. The highest BCUT2D eigenvalue weighted by molar-refractivity contribution is 5.82. The minimum Gasteiger partial charge on any atom is -0.444 e. The van der Waals surface area contributed by atoms with E-state index in [0.29, 0.717) is 22.6 Å². The van der Waals surface area contributed by atoms with E-state index in [1.807, 2.05) is 24.3 Å². The Hall–Kier alpha value is -5.37. The summed E-state index contributed by atoms with van der Waals surface area (Å²) in [5.41, 5.74) is 3.39. The zero-order valence-corrected chi connectivity index (χ0v) is 23.9. The lowest BCUT2D eigenvalue weighted by molar-refractivity contribution is -0.122. The number of carbonyl (C=O) groups excluding carboxylic acids is 2. The average molecular weight is 566 g/mol. The number of nitriles is 1. The number of hydrogen-bond donors (Lipinski definition) is 1. The Morgan fingerprint density at radius 3 is 2.38 bits per heavy atom. The third-order valence-corrected chi connectivity index (χ3v) is 5.97. The van der Waals surface area contributed by atoms with Crippen LogP contribution in [0.15, 0.2) is 77.9 Å². The second kappa shape index (κ2) is 12.9. The van der Waals surface area contributed by atoms with Gasteiger partial charge in [-0.2, -0.15) is 10.4 Å². The lowest BCUT2D eigenvalue weighted by Gasteiger charge is -2.24. The fraction of sp³-hybridized carbons (Fsp3) is 0.258. The molecule has 214 valence electrons. The van der Waals surface area contributed by atoms with Gasteiger partial charge < -0.3 is 15.0 Å². The number of hydrogen-bond acceptors (Lipinski definition) is 8. The first kappa shape index (κ1) is 29.6. The van der Waals surface area contributed by atoms with Crippen LogP contribution in [0, 0.1) is 11.3 Å². The summed E-state index contributed by atoms with van der Waals surface area (Å²) in [6, 6.07) is 19.8. The van der Waals surface area contributed by atoms with Gasteiger partial charge in [-0.15, -0.1) is 0 Å².